The first-order valence-electron chi connectivity index (χ1n) is 22.2. The fourth-order valence-corrected chi connectivity index (χ4v) is 9.83. The summed E-state index contributed by atoms with van der Waals surface area (Å²) in [6.07, 6.45) is 19.5. The molecule has 69 heavy (non-hydrogen) atoms. The molecule has 1 aliphatic heterocycles. The third-order valence-corrected chi connectivity index (χ3v) is 14.0. The first-order valence-corrected chi connectivity index (χ1v) is 27.7. The van der Waals surface area contributed by atoms with Crippen molar-refractivity contribution in [2.24, 2.45) is 5.41 Å². The number of nitrogens with two attached hydrogens (primary N) is 1. The van der Waals surface area contributed by atoms with E-state index in [1.54, 1.807) is 0 Å². The summed E-state index contributed by atoms with van der Waals surface area (Å²) in [6.45, 7) is 2.66. The number of ether oxygens (including phenoxy) is 1. The highest BCUT2D eigenvalue weighted by atomic mass is 32.2. The zero-order valence-corrected chi connectivity index (χ0v) is 42.2. The van der Waals surface area contributed by atoms with Crippen LogP contribution >= 0.6 is 35.2 Å². The maximum atomic E-state index is 12.7. The summed E-state index contributed by atoms with van der Waals surface area (Å²) < 4.78 is 62.1. The largest absolute Gasteiger partial charge is 0.756 e. The third kappa shape index (κ3) is 22.6. The van der Waals surface area contributed by atoms with Gasteiger partial charge in [0.25, 0.3) is 7.82 Å². The Balaban J connectivity index is 1.31. The maximum Gasteiger partial charge on any atom is 0.481 e. The predicted octanol–water partition coefficient (Wildman–Crippen LogP) is 4.18. The van der Waals surface area contributed by atoms with Gasteiger partial charge in [0.05, 0.1) is 19.5 Å². The zero-order valence-electron chi connectivity index (χ0n) is 38.7. The fraction of sp³-hybridized carbons (Fsp3) is 0.610. The molecule has 24 nitrogen and oxygen atoms in total. The number of phosphoric ester groups is 3. The Morgan fingerprint density at radius 2 is 1.54 bits per heavy atom. The van der Waals surface area contributed by atoms with E-state index in [1.165, 1.54) is 33.1 Å². The third-order valence-electron chi connectivity index (χ3n) is 9.97. The molecule has 8 unspecified atom stereocenters. The molecule has 3 rings (SSSR count). The predicted molar refractivity (Wildman–Crippen MR) is 253 cm³/mol. The lowest BCUT2D eigenvalue weighted by Crippen LogP contribution is -2.46. The molecule has 2 amide bonds. The van der Waals surface area contributed by atoms with Crippen LogP contribution in [0.3, 0.4) is 0 Å². The van der Waals surface area contributed by atoms with Crippen LogP contribution in [0.1, 0.15) is 97.6 Å². The average Bonchev–Trinajstić information content (AvgIpc) is 3.84. The van der Waals surface area contributed by atoms with Gasteiger partial charge < -0.3 is 55.4 Å². The standard InChI is InChI=1S/C41H66N7O17P3S/c1-4-5-6-7-8-9-10-11-12-13-14-15-16-17-18-19-20-21-32(50)69-25-24-43-31(49)22-23-44-39(53)36(52)41(2,3)27-62-68(59,60)65-67(57,58)61-26-30-35(64-66(54,55)56)34(51)40(63-30)48-29-47-33-37(42)45-28-46-38(33)48/h8-9,11-12,14-15,17-18,28-30,34-36,40,51-52H,4-7,10,13,16,19-27H2,1-3H3,(H,43,49)(H,44,53)(H,57,58)(H,59,60)(H2,42,45,46)(H2,54,55,56)/p-1. The monoisotopic (exact) mass is 1050 g/mol. The lowest BCUT2D eigenvalue weighted by molar-refractivity contribution is -0.228. The molecule has 0 aliphatic carbocycles. The molecule has 1 aliphatic rings. The number of aliphatic hydroxyl groups is 2. The van der Waals surface area contributed by atoms with Crippen molar-refractivity contribution in [1.82, 2.24) is 30.2 Å². The molecule has 388 valence electrons. The van der Waals surface area contributed by atoms with Crippen LogP contribution in [0.2, 0.25) is 0 Å². The van der Waals surface area contributed by atoms with Crippen LogP contribution < -0.4 is 21.3 Å². The highest BCUT2D eigenvalue weighted by molar-refractivity contribution is 8.13. The van der Waals surface area contributed by atoms with E-state index in [0.717, 1.165) is 61.1 Å². The molecule has 0 radical (unpaired) electrons. The van der Waals surface area contributed by atoms with Crippen molar-refractivity contribution in [3.05, 3.63) is 61.3 Å². The Bertz CT molecular complexity index is 2220. The molecule has 8 atom stereocenters. The van der Waals surface area contributed by atoms with Crippen LogP contribution in [-0.2, 0) is 50.7 Å². The molecule has 1 fully saturated rings. The lowest BCUT2D eigenvalue weighted by Gasteiger charge is -2.30. The Kier molecular flexibility index (Phi) is 25.8. The number of carbonyl (C=O) groups excluding carboxylic acids is 3. The minimum absolute atomic E-state index is 0.00944. The van der Waals surface area contributed by atoms with Gasteiger partial charge >= 0.3 is 15.6 Å². The summed E-state index contributed by atoms with van der Waals surface area (Å²) in [5, 5.41) is 26.5. The second-order valence-electron chi connectivity index (χ2n) is 16.2. The van der Waals surface area contributed by atoms with Crippen LogP contribution in [-0.4, -0.2) is 118 Å². The van der Waals surface area contributed by atoms with E-state index >= 15 is 0 Å². The van der Waals surface area contributed by atoms with Crippen molar-refractivity contribution in [2.45, 2.75) is 122 Å². The number of nitrogen functional groups attached to an aromatic ring is 1. The van der Waals surface area contributed by atoms with Gasteiger partial charge in [-0.3, -0.25) is 32.6 Å². The zero-order chi connectivity index (χ0) is 51.1. The van der Waals surface area contributed by atoms with Crippen LogP contribution in [0.5, 0.6) is 0 Å². The SMILES string of the molecule is CCCCCC=CCC=CCC=CCC=CCCCC(=O)SCCNC(=O)CCNC(=O)C(O)C(C)(C)COP(=O)(O)OP(=O)(O)OCC1OC(n2cnc3c(N)ncnc32)C(O)C1OP(=O)([O-])O. The van der Waals surface area contributed by atoms with Crippen molar-refractivity contribution in [3.63, 3.8) is 0 Å². The summed E-state index contributed by atoms with van der Waals surface area (Å²) in [7, 11) is -16.7. The van der Waals surface area contributed by atoms with Gasteiger partial charge in [-0.25, -0.2) is 24.1 Å². The molecular formula is C41H65N7O17P3S-. The fourth-order valence-electron chi connectivity index (χ4n) is 6.29. The number of thioether (sulfide) groups is 1. The summed E-state index contributed by atoms with van der Waals surface area (Å²) in [6, 6.07) is 0. The van der Waals surface area contributed by atoms with E-state index in [9.17, 15) is 57.9 Å². The highest BCUT2D eigenvalue weighted by Gasteiger charge is 2.49. The van der Waals surface area contributed by atoms with Crippen LogP contribution in [0.15, 0.2) is 61.3 Å². The number of hydrogen-bond acceptors (Lipinski definition) is 19. The van der Waals surface area contributed by atoms with Gasteiger partial charge in [0.1, 0.15) is 36.3 Å². The molecule has 0 spiro atoms. The van der Waals surface area contributed by atoms with E-state index in [0.29, 0.717) is 18.6 Å². The van der Waals surface area contributed by atoms with Gasteiger partial charge in [-0.2, -0.15) is 4.31 Å². The lowest BCUT2D eigenvalue weighted by atomic mass is 9.87. The van der Waals surface area contributed by atoms with Crippen molar-refractivity contribution >= 4 is 69.1 Å². The number of aromatic nitrogens is 4. The van der Waals surface area contributed by atoms with Gasteiger partial charge in [-0.15, -0.1) is 0 Å². The number of phosphoric acid groups is 3. The van der Waals surface area contributed by atoms with Crippen LogP contribution in [0.4, 0.5) is 5.82 Å². The number of hydrogen-bond donors (Lipinski definition) is 8. The van der Waals surface area contributed by atoms with Gasteiger partial charge in [0.2, 0.25) is 11.8 Å². The number of fused-ring (bicyclic) bond motifs is 1. The molecule has 2 aromatic rings. The number of aliphatic hydroxyl groups excluding tert-OH is 2. The van der Waals surface area contributed by atoms with E-state index in [1.807, 2.05) is 0 Å². The number of nitrogens with one attached hydrogen (secondary N) is 2. The molecular weight excluding hydrogens is 987 g/mol. The first-order chi connectivity index (χ1) is 32.6. The second kappa shape index (κ2) is 29.8. The topological polar surface area (TPSA) is 366 Å². The van der Waals surface area contributed by atoms with Crippen molar-refractivity contribution in [3.8, 4) is 0 Å². The van der Waals surface area contributed by atoms with Gasteiger partial charge in [-0.1, -0.05) is 94.0 Å². The molecule has 0 aromatic carbocycles. The number of amides is 2. The highest BCUT2D eigenvalue weighted by Crippen LogP contribution is 2.61. The number of imidazole rings is 1. The smallest absolute Gasteiger partial charge is 0.481 e. The number of unbranched alkanes of at least 4 members (excludes halogenated alkanes) is 4. The Morgan fingerprint density at radius 1 is 0.913 bits per heavy atom. The number of nitrogens with zero attached hydrogens (tertiary/aromatic N) is 4. The number of allylic oxidation sites excluding steroid dienone is 8. The quantitative estimate of drug-likeness (QED) is 0.0282. The number of carbonyl (C=O) groups is 3. The van der Waals surface area contributed by atoms with Gasteiger partial charge in [-0.05, 0) is 44.9 Å². The summed E-state index contributed by atoms with van der Waals surface area (Å²) in [5.74, 6) is -1.11. The van der Waals surface area contributed by atoms with Crippen LogP contribution in [0, 0.1) is 5.41 Å². The summed E-state index contributed by atoms with van der Waals surface area (Å²) in [4.78, 5) is 90.3. The molecule has 3 heterocycles. The molecule has 0 bridgehead atoms. The minimum Gasteiger partial charge on any atom is -0.756 e. The second-order valence-corrected chi connectivity index (χ2v) is 21.6. The van der Waals surface area contributed by atoms with E-state index in [-0.39, 0.29) is 41.6 Å². The Hall–Kier alpha value is -3.48. The molecule has 9 N–H and O–H groups in total. The summed E-state index contributed by atoms with van der Waals surface area (Å²) in [5.41, 5.74) is 4.23. The molecule has 0 saturated carbocycles. The van der Waals surface area contributed by atoms with Gasteiger partial charge in [0.15, 0.2) is 22.8 Å². The van der Waals surface area contributed by atoms with Gasteiger partial charge in [0, 0.05) is 37.1 Å². The van der Waals surface area contributed by atoms with Crippen molar-refractivity contribution in [2.75, 3.05) is 37.8 Å². The molecule has 28 heteroatoms. The molecule has 1 saturated heterocycles. The normalized spacial score (nSPS) is 21.0. The summed E-state index contributed by atoms with van der Waals surface area (Å²) >= 11 is 1.11. The van der Waals surface area contributed by atoms with E-state index in [4.69, 9.17) is 19.5 Å². The maximum absolute atomic E-state index is 12.7. The molecule has 2 aromatic heterocycles. The number of rotatable bonds is 33. The van der Waals surface area contributed by atoms with E-state index < -0.39 is 84.6 Å². The first kappa shape index (κ1) is 59.8. The van der Waals surface area contributed by atoms with Crippen LogP contribution in [0.25, 0.3) is 11.2 Å². The van der Waals surface area contributed by atoms with E-state index in [2.05, 4.69) is 90.0 Å². The number of anilines is 1. The Morgan fingerprint density at radius 3 is 2.17 bits per heavy atom. The van der Waals surface area contributed by atoms with Crippen molar-refractivity contribution in [1.29, 1.82) is 0 Å². The van der Waals surface area contributed by atoms with Crippen molar-refractivity contribution < 1.29 is 80.5 Å². The average molecular weight is 1050 g/mol. The minimum atomic E-state index is -5.60. The Labute approximate surface area is 405 Å².